The van der Waals surface area contributed by atoms with E-state index in [1.54, 1.807) is 0 Å². The lowest BCUT2D eigenvalue weighted by molar-refractivity contribution is 1.39. The first-order valence-corrected chi connectivity index (χ1v) is 5.35. The van der Waals surface area contributed by atoms with Crippen LogP contribution >= 0.6 is 0 Å². The highest BCUT2D eigenvalue weighted by Crippen LogP contribution is 2.24. The minimum atomic E-state index is 0.779. The van der Waals surface area contributed by atoms with E-state index < -0.39 is 0 Å². The number of aryl methyl sites for hydroxylation is 2. The van der Waals surface area contributed by atoms with Crippen molar-refractivity contribution < 1.29 is 0 Å². The van der Waals surface area contributed by atoms with Crippen molar-refractivity contribution in [3.8, 4) is 0 Å². The molecule has 2 aromatic carbocycles. The van der Waals surface area contributed by atoms with Crippen LogP contribution in [0.2, 0.25) is 0 Å². The Bertz CT molecular complexity index is 504. The number of hydrogen-bond acceptors (Lipinski definition) is 2. The van der Waals surface area contributed by atoms with Gasteiger partial charge in [0.2, 0.25) is 0 Å². The number of nitrogens with two attached hydrogens (primary N) is 1. The van der Waals surface area contributed by atoms with Gasteiger partial charge in [0, 0.05) is 17.1 Å². The molecule has 2 heteroatoms. The second-order valence-corrected chi connectivity index (χ2v) is 4.01. The first kappa shape index (κ1) is 10.6. The van der Waals surface area contributed by atoms with Crippen molar-refractivity contribution in [2.75, 3.05) is 11.1 Å². The van der Waals surface area contributed by atoms with E-state index in [4.69, 9.17) is 5.73 Å². The zero-order valence-electron chi connectivity index (χ0n) is 9.62. The van der Waals surface area contributed by atoms with Gasteiger partial charge in [-0.05, 0) is 43.2 Å². The minimum Gasteiger partial charge on any atom is -0.399 e. The molecule has 3 N–H and O–H groups in total. The van der Waals surface area contributed by atoms with E-state index in [2.05, 4.69) is 31.3 Å². The molecule has 0 saturated carbocycles. The summed E-state index contributed by atoms with van der Waals surface area (Å²) < 4.78 is 0. The maximum absolute atomic E-state index is 5.78. The second kappa shape index (κ2) is 4.27. The molecule has 0 heterocycles. The Morgan fingerprint density at radius 1 is 0.875 bits per heavy atom. The van der Waals surface area contributed by atoms with Gasteiger partial charge in [0.25, 0.3) is 0 Å². The normalized spacial score (nSPS) is 10.1. The predicted octanol–water partition coefficient (Wildman–Crippen LogP) is 3.63. The lowest BCUT2D eigenvalue weighted by atomic mass is 10.1. The van der Waals surface area contributed by atoms with E-state index in [0.717, 1.165) is 17.1 Å². The summed E-state index contributed by atoms with van der Waals surface area (Å²) >= 11 is 0. The van der Waals surface area contributed by atoms with Crippen molar-refractivity contribution in [3.63, 3.8) is 0 Å². The Morgan fingerprint density at radius 2 is 1.56 bits per heavy atom. The molecule has 2 nitrogen and oxygen atoms in total. The minimum absolute atomic E-state index is 0.779. The summed E-state index contributed by atoms with van der Waals surface area (Å²) in [6, 6.07) is 14.1. The number of hydrogen-bond donors (Lipinski definition) is 2. The first-order chi connectivity index (χ1) is 7.66. The van der Waals surface area contributed by atoms with E-state index in [-0.39, 0.29) is 0 Å². The number of anilines is 3. The summed E-state index contributed by atoms with van der Waals surface area (Å²) in [4.78, 5) is 0. The Kier molecular flexibility index (Phi) is 2.82. The Labute approximate surface area is 96.1 Å². The summed E-state index contributed by atoms with van der Waals surface area (Å²) in [7, 11) is 0. The predicted molar refractivity (Wildman–Crippen MR) is 70.1 cm³/mol. The summed E-state index contributed by atoms with van der Waals surface area (Å²) in [6.45, 7) is 4.16. The SMILES string of the molecule is Cc1ccccc1Nc1cc(N)ccc1C. The van der Waals surface area contributed by atoms with E-state index in [0.29, 0.717) is 0 Å². The van der Waals surface area contributed by atoms with Crippen molar-refractivity contribution in [1.29, 1.82) is 0 Å². The molecule has 0 amide bonds. The van der Waals surface area contributed by atoms with E-state index in [9.17, 15) is 0 Å². The zero-order chi connectivity index (χ0) is 11.5. The molecule has 0 aliphatic heterocycles. The number of para-hydroxylation sites is 1. The molecule has 0 saturated heterocycles. The van der Waals surface area contributed by atoms with Crippen LogP contribution in [0.15, 0.2) is 42.5 Å². The fourth-order valence-electron chi connectivity index (χ4n) is 1.63. The van der Waals surface area contributed by atoms with Crippen LogP contribution in [-0.4, -0.2) is 0 Å². The van der Waals surface area contributed by atoms with Gasteiger partial charge in [-0.25, -0.2) is 0 Å². The van der Waals surface area contributed by atoms with Crippen LogP contribution in [0.1, 0.15) is 11.1 Å². The average Bonchev–Trinajstić information content (AvgIpc) is 2.27. The average molecular weight is 212 g/mol. The van der Waals surface area contributed by atoms with Gasteiger partial charge in [-0.2, -0.15) is 0 Å². The van der Waals surface area contributed by atoms with Gasteiger partial charge in [0.1, 0.15) is 0 Å². The van der Waals surface area contributed by atoms with E-state index in [1.165, 1.54) is 11.1 Å². The van der Waals surface area contributed by atoms with E-state index >= 15 is 0 Å². The van der Waals surface area contributed by atoms with Gasteiger partial charge in [-0.1, -0.05) is 24.3 Å². The highest BCUT2D eigenvalue weighted by molar-refractivity contribution is 5.68. The van der Waals surface area contributed by atoms with Gasteiger partial charge >= 0.3 is 0 Å². The molecular weight excluding hydrogens is 196 g/mol. The summed E-state index contributed by atoms with van der Waals surface area (Å²) in [5.41, 5.74) is 11.2. The molecule has 0 spiro atoms. The van der Waals surface area contributed by atoms with Gasteiger partial charge in [0.05, 0.1) is 0 Å². The maximum atomic E-state index is 5.78. The van der Waals surface area contributed by atoms with E-state index in [1.807, 2.05) is 30.3 Å². The van der Waals surface area contributed by atoms with Crippen LogP contribution in [0.25, 0.3) is 0 Å². The molecule has 16 heavy (non-hydrogen) atoms. The molecule has 0 radical (unpaired) electrons. The van der Waals surface area contributed by atoms with Crippen LogP contribution in [0, 0.1) is 13.8 Å². The quantitative estimate of drug-likeness (QED) is 0.746. The van der Waals surface area contributed by atoms with Gasteiger partial charge in [0.15, 0.2) is 0 Å². The molecule has 2 rings (SSSR count). The Balaban J connectivity index is 2.34. The first-order valence-electron chi connectivity index (χ1n) is 5.35. The summed E-state index contributed by atoms with van der Waals surface area (Å²) in [6.07, 6.45) is 0. The monoisotopic (exact) mass is 212 g/mol. The maximum Gasteiger partial charge on any atom is 0.0434 e. The highest BCUT2D eigenvalue weighted by Gasteiger charge is 2.01. The van der Waals surface area contributed by atoms with Crippen molar-refractivity contribution in [3.05, 3.63) is 53.6 Å². The Morgan fingerprint density at radius 3 is 2.31 bits per heavy atom. The van der Waals surface area contributed by atoms with Crippen LogP contribution in [0.5, 0.6) is 0 Å². The van der Waals surface area contributed by atoms with Crippen LogP contribution in [0.3, 0.4) is 0 Å². The number of benzene rings is 2. The molecule has 0 unspecified atom stereocenters. The Hall–Kier alpha value is -1.96. The third-order valence-electron chi connectivity index (χ3n) is 2.68. The standard InChI is InChI=1S/C14H16N2/c1-10-5-3-4-6-13(10)16-14-9-12(15)8-7-11(14)2/h3-9,16H,15H2,1-2H3. The molecule has 0 bridgehead atoms. The number of rotatable bonds is 2. The molecule has 0 fully saturated rings. The highest BCUT2D eigenvalue weighted by atomic mass is 14.9. The fourth-order valence-corrected chi connectivity index (χ4v) is 1.63. The van der Waals surface area contributed by atoms with Crippen molar-refractivity contribution in [2.45, 2.75) is 13.8 Å². The smallest absolute Gasteiger partial charge is 0.0434 e. The third-order valence-corrected chi connectivity index (χ3v) is 2.68. The molecule has 0 atom stereocenters. The third kappa shape index (κ3) is 2.16. The lowest BCUT2D eigenvalue weighted by Gasteiger charge is -2.12. The number of nitrogens with one attached hydrogen (secondary N) is 1. The second-order valence-electron chi connectivity index (χ2n) is 4.01. The topological polar surface area (TPSA) is 38.0 Å². The van der Waals surface area contributed by atoms with Crippen LogP contribution < -0.4 is 11.1 Å². The van der Waals surface area contributed by atoms with Crippen molar-refractivity contribution in [1.82, 2.24) is 0 Å². The molecule has 2 aromatic rings. The van der Waals surface area contributed by atoms with Crippen LogP contribution in [0.4, 0.5) is 17.1 Å². The largest absolute Gasteiger partial charge is 0.399 e. The molecular formula is C14H16N2. The van der Waals surface area contributed by atoms with Crippen molar-refractivity contribution >= 4 is 17.1 Å². The van der Waals surface area contributed by atoms with Crippen molar-refractivity contribution in [2.24, 2.45) is 0 Å². The van der Waals surface area contributed by atoms with Crippen LogP contribution in [-0.2, 0) is 0 Å². The lowest BCUT2D eigenvalue weighted by Crippen LogP contribution is -1.96. The van der Waals surface area contributed by atoms with Gasteiger partial charge in [-0.3, -0.25) is 0 Å². The molecule has 0 aliphatic rings. The molecule has 0 aliphatic carbocycles. The molecule has 0 aromatic heterocycles. The summed E-state index contributed by atoms with van der Waals surface area (Å²) in [5.74, 6) is 0. The van der Waals surface area contributed by atoms with Gasteiger partial charge < -0.3 is 11.1 Å². The fraction of sp³-hybridized carbons (Fsp3) is 0.143. The zero-order valence-corrected chi connectivity index (χ0v) is 9.62. The number of nitrogen functional groups attached to an aromatic ring is 1. The molecule has 82 valence electrons. The van der Waals surface area contributed by atoms with Gasteiger partial charge in [-0.15, -0.1) is 0 Å². The summed E-state index contributed by atoms with van der Waals surface area (Å²) in [5, 5.41) is 3.40.